The third-order valence-corrected chi connectivity index (χ3v) is 3.37. The SMILES string of the molecule is CC1CCC(CN)(OCCC(=O)NC(C)C)C1. The van der Waals surface area contributed by atoms with Crippen LogP contribution in [0.25, 0.3) is 0 Å². The van der Waals surface area contributed by atoms with Gasteiger partial charge in [-0.2, -0.15) is 0 Å². The molecular weight excluding hydrogens is 216 g/mol. The highest BCUT2D eigenvalue weighted by Gasteiger charge is 2.37. The number of hydrogen-bond donors (Lipinski definition) is 2. The summed E-state index contributed by atoms with van der Waals surface area (Å²) in [6.45, 7) is 7.18. The van der Waals surface area contributed by atoms with Crippen molar-refractivity contribution in [1.29, 1.82) is 0 Å². The van der Waals surface area contributed by atoms with E-state index in [-0.39, 0.29) is 17.6 Å². The Kier molecular flexibility index (Phi) is 5.40. The van der Waals surface area contributed by atoms with Gasteiger partial charge in [0.2, 0.25) is 5.91 Å². The summed E-state index contributed by atoms with van der Waals surface area (Å²) >= 11 is 0. The summed E-state index contributed by atoms with van der Waals surface area (Å²) < 4.78 is 5.88. The standard InChI is InChI=1S/C13H26N2O2/c1-10(2)15-12(16)5-7-17-13(9-14)6-4-11(3)8-13/h10-11H,4-9,14H2,1-3H3,(H,15,16). The summed E-state index contributed by atoms with van der Waals surface area (Å²) in [5.41, 5.74) is 5.63. The lowest BCUT2D eigenvalue weighted by Crippen LogP contribution is -2.39. The molecule has 0 aromatic carbocycles. The average molecular weight is 242 g/mol. The van der Waals surface area contributed by atoms with Crippen molar-refractivity contribution in [2.45, 2.75) is 58.1 Å². The zero-order valence-electron chi connectivity index (χ0n) is 11.3. The molecule has 4 heteroatoms. The van der Waals surface area contributed by atoms with Gasteiger partial charge in [-0.3, -0.25) is 4.79 Å². The summed E-state index contributed by atoms with van der Waals surface area (Å²) in [6, 6.07) is 0.192. The maximum atomic E-state index is 11.5. The first-order valence-corrected chi connectivity index (χ1v) is 6.61. The van der Waals surface area contributed by atoms with Crippen LogP contribution in [0.1, 0.15) is 46.5 Å². The Morgan fingerprint density at radius 3 is 2.76 bits per heavy atom. The minimum atomic E-state index is -0.169. The molecule has 1 aliphatic carbocycles. The molecule has 0 saturated heterocycles. The van der Waals surface area contributed by atoms with Gasteiger partial charge in [0.25, 0.3) is 0 Å². The van der Waals surface area contributed by atoms with E-state index >= 15 is 0 Å². The van der Waals surface area contributed by atoms with Crippen LogP contribution in [-0.4, -0.2) is 30.7 Å². The molecule has 3 N–H and O–H groups in total. The van der Waals surface area contributed by atoms with Crippen LogP contribution in [0, 0.1) is 5.92 Å². The highest BCUT2D eigenvalue weighted by molar-refractivity contribution is 5.76. The molecule has 1 saturated carbocycles. The van der Waals surface area contributed by atoms with E-state index in [0.717, 1.165) is 12.8 Å². The minimum Gasteiger partial charge on any atom is -0.373 e. The van der Waals surface area contributed by atoms with Crippen LogP contribution in [0.5, 0.6) is 0 Å². The molecule has 0 aromatic heterocycles. The topological polar surface area (TPSA) is 64.3 Å². The highest BCUT2D eigenvalue weighted by atomic mass is 16.5. The third-order valence-electron chi connectivity index (χ3n) is 3.37. The Bertz CT molecular complexity index is 256. The largest absolute Gasteiger partial charge is 0.373 e. The fraction of sp³-hybridized carbons (Fsp3) is 0.923. The van der Waals surface area contributed by atoms with Gasteiger partial charge in [0.15, 0.2) is 0 Å². The second kappa shape index (κ2) is 6.36. The molecule has 1 fully saturated rings. The van der Waals surface area contributed by atoms with Crippen molar-refractivity contribution in [1.82, 2.24) is 5.32 Å². The lowest BCUT2D eigenvalue weighted by Gasteiger charge is -2.28. The molecule has 2 atom stereocenters. The van der Waals surface area contributed by atoms with Gasteiger partial charge < -0.3 is 15.8 Å². The van der Waals surface area contributed by atoms with E-state index in [1.165, 1.54) is 6.42 Å². The lowest BCUT2D eigenvalue weighted by molar-refractivity contribution is -0.124. The van der Waals surface area contributed by atoms with Crippen LogP contribution in [0.4, 0.5) is 0 Å². The molecule has 4 nitrogen and oxygen atoms in total. The van der Waals surface area contributed by atoms with Crippen molar-refractivity contribution in [3.8, 4) is 0 Å². The Hall–Kier alpha value is -0.610. The molecule has 0 bridgehead atoms. The minimum absolute atomic E-state index is 0.0539. The first kappa shape index (κ1) is 14.5. The van der Waals surface area contributed by atoms with E-state index in [1.54, 1.807) is 0 Å². The van der Waals surface area contributed by atoms with Crippen molar-refractivity contribution in [3.63, 3.8) is 0 Å². The summed E-state index contributed by atoms with van der Waals surface area (Å²) in [5.74, 6) is 0.737. The summed E-state index contributed by atoms with van der Waals surface area (Å²) in [6.07, 6.45) is 3.65. The third kappa shape index (κ3) is 4.64. The molecule has 2 unspecified atom stereocenters. The molecule has 0 radical (unpaired) electrons. The van der Waals surface area contributed by atoms with Gasteiger partial charge in [-0.25, -0.2) is 0 Å². The van der Waals surface area contributed by atoms with Crippen LogP contribution < -0.4 is 11.1 Å². The molecule has 1 aliphatic rings. The van der Waals surface area contributed by atoms with Gasteiger partial charge in [0.1, 0.15) is 0 Å². The highest BCUT2D eigenvalue weighted by Crippen LogP contribution is 2.36. The smallest absolute Gasteiger partial charge is 0.222 e. The molecule has 100 valence electrons. The molecule has 17 heavy (non-hydrogen) atoms. The first-order valence-electron chi connectivity index (χ1n) is 6.61. The van der Waals surface area contributed by atoms with E-state index in [2.05, 4.69) is 12.2 Å². The van der Waals surface area contributed by atoms with E-state index in [4.69, 9.17) is 10.5 Å². The van der Waals surface area contributed by atoms with Gasteiger partial charge in [0.05, 0.1) is 12.2 Å². The predicted octanol–water partition coefficient (Wildman–Crippen LogP) is 1.44. The van der Waals surface area contributed by atoms with Crippen molar-refractivity contribution in [2.75, 3.05) is 13.2 Å². The summed E-state index contributed by atoms with van der Waals surface area (Å²) in [4.78, 5) is 11.5. The maximum Gasteiger partial charge on any atom is 0.222 e. The number of rotatable bonds is 6. The Labute approximate surface area is 104 Å². The Balaban J connectivity index is 2.27. The number of carbonyl (C=O) groups excluding carboxylic acids is 1. The van der Waals surface area contributed by atoms with Crippen LogP contribution >= 0.6 is 0 Å². The molecular formula is C13H26N2O2. The fourth-order valence-electron chi connectivity index (χ4n) is 2.48. The number of ether oxygens (including phenoxy) is 1. The molecule has 0 heterocycles. The zero-order chi connectivity index (χ0) is 12.9. The second-order valence-electron chi connectivity index (χ2n) is 5.56. The van der Waals surface area contributed by atoms with Gasteiger partial charge in [-0.15, -0.1) is 0 Å². The summed E-state index contributed by atoms with van der Waals surface area (Å²) in [7, 11) is 0. The monoisotopic (exact) mass is 242 g/mol. The maximum absolute atomic E-state index is 11.5. The van der Waals surface area contributed by atoms with Crippen LogP contribution in [0.15, 0.2) is 0 Å². The number of amides is 1. The number of carbonyl (C=O) groups is 1. The van der Waals surface area contributed by atoms with E-state index < -0.39 is 0 Å². The number of nitrogens with one attached hydrogen (secondary N) is 1. The molecule has 1 amide bonds. The first-order chi connectivity index (χ1) is 7.97. The number of nitrogens with two attached hydrogens (primary N) is 1. The molecule has 0 aromatic rings. The molecule has 1 rings (SSSR count). The average Bonchev–Trinajstić information content (AvgIpc) is 2.60. The van der Waals surface area contributed by atoms with Crippen LogP contribution in [-0.2, 0) is 9.53 Å². The van der Waals surface area contributed by atoms with Gasteiger partial charge in [0, 0.05) is 19.0 Å². The van der Waals surface area contributed by atoms with E-state index in [1.807, 2.05) is 13.8 Å². The van der Waals surface area contributed by atoms with Crippen molar-refractivity contribution < 1.29 is 9.53 Å². The van der Waals surface area contributed by atoms with Gasteiger partial charge >= 0.3 is 0 Å². The fourth-order valence-corrected chi connectivity index (χ4v) is 2.48. The van der Waals surface area contributed by atoms with E-state index in [0.29, 0.717) is 25.5 Å². The lowest BCUT2D eigenvalue weighted by atomic mass is 10.0. The van der Waals surface area contributed by atoms with Gasteiger partial charge in [-0.05, 0) is 39.0 Å². The van der Waals surface area contributed by atoms with Crippen molar-refractivity contribution in [3.05, 3.63) is 0 Å². The predicted molar refractivity (Wildman–Crippen MR) is 68.6 cm³/mol. The van der Waals surface area contributed by atoms with Crippen LogP contribution in [0.3, 0.4) is 0 Å². The van der Waals surface area contributed by atoms with E-state index in [9.17, 15) is 4.79 Å². The Morgan fingerprint density at radius 1 is 1.59 bits per heavy atom. The zero-order valence-corrected chi connectivity index (χ0v) is 11.3. The second-order valence-corrected chi connectivity index (χ2v) is 5.56. The number of hydrogen-bond acceptors (Lipinski definition) is 3. The van der Waals surface area contributed by atoms with Crippen LogP contribution in [0.2, 0.25) is 0 Å². The van der Waals surface area contributed by atoms with Crippen molar-refractivity contribution >= 4 is 5.91 Å². The molecule has 0 spiro atoms. The normalized spacial score (nSPS) is 28.6. The molecule has 0 aliphatic heterocycles. The Morgan fingerprint density at radius 2 is 2.29 bits per heavy atom. The van der Waals surface area contributed by atoms with Gasteiger partial charge in [-0.1, -0.05) is 6.92 Å². The summed E-state index contributed by atoms with van der Waals surface area (Å²) in [5, 5.41) is 2.86. The quantitative estimate of drug-likeness (QED) is 0.740. The van der Waals surface area contributed by atoms with Crippen molar-refractivity contribution in [2.24, 2.45) is 11.7 Å².